The fraction of sp³-hybridized carbons (Fsp3) is 1.00. The van der Waals surface area contributed by atoms with Gasteiger partial charge in [-0.2, -0.15) is 11.8 Å². The van der Waals surface area contributed by atoms with E-state index in [1.54, 1.807) is 11.8 Å². The molecule has 0 aromatic rings. The van der Waals surface area contributed by atoms with Gasteiger partial charge in [0, 0.05) is 31.2 Å². The molecule has 1 aliphatic heterocycles. The Morgan fingerprint density at radius 3 is 2.46 bits per heavy atom. The molecular weight excluding hydrogens is 210 g/mol. The topological polar surface area (TPSA) is 57.6 Å². The van der Waals surface area contributed by atoms with Crippen LogP contribution in [0.2, 0.25) is 0 Å². The van der Waals surface area contributed by atoms with E-state index in [0.29, 0.717) is 19.5 Å². The molecule has 78 valence electrons. The zero-order valence-electron chi connectivity index (χ0n) is 7.48. The summed E-state index contributed by atoms with van der Waals surface area (Å²) in [5, 5.41) is 8.54. The van der Waals surface area contributed by atoms with E-state index in [1.807, 2.05) is 0 Å². The Morgan fingerprint density at radius 1 is 1.31 bits per heavy atom. The van der Waals surface area contributed by atoms with Gasteiger partial charge >= 0.3 is 0 Å². The number of aliphatic hydroxyl groups is 1. The molecule has 1 rings (SSSR count). The average molecular weight is 225 g/mol. The van der Waals surface area contributed by atoms with Crippen LogP contribution in [0.4, 0.5) is 0 Å². The molecule has 0 radical (unpaired) electrons. The van der Waals surface area contributed by atoms with Crippen LogP contribution >= 0.6 is 11.8 Å². The molecule has 0 aliphatic carbocycles. The van der Waals surface area contributed by atoms with Crippen molar-refractivity contribution >= 4 is 21.8 Å². The summed E-state index contributed by atoms with van der Waals surface area (Å²) in [5.74, 6) is 1.85. The molecular formula is C7H15NO3S2. The molecule has 0 bridgehead atoms. The van der Waals surface area contributed by atoms with E-state index < -0.39 is 10.0 Å². The molecule has 0 saturated carbocycles. The van der Waals surface area contributed by atoms with E-state index in [9.17, 15) is 8.42 Å². The zero-order valence-corrected chi connectivity index (χ0v) is 9.11. The molecule has 0 aromatic heterocycles. The van der Waals surface area contributed by atoms with Crippen LogP contribution in [0.5, 0.6) is 0 Å². The monoisotopic (exact) mass is 225 g/mol. The minimum Gasteiger partial charge on any atom is -0.396 e. The molecule has 0 atom stereocenters. The third-order valence-electron chi connectivity index (χ3n) is 1.92. The van der Waals surface area contributed by atoms with Crippen molar-refractivity contribution in [3.63, 3.8) is 0 Å². The lowest BCUT2D eigenvalue weighted by molar-refractivity contribution is 0.294. The number of rotatable bonds is 4. The molecule has 1 aliphatic rings. The first kappa shape index (κ1) is 11.3. The molecule has 0 spiro atoms. The highest BCUT2D eigenvalue weighted by Gasteiger charge is 2.22. The van der Waals surface area contributed by atoms with Crippen LogP contribution < -0.4 is 0 Å². The Morgan fingerprint density at radius 2 is 1.92 bits per heavy atom. The fourth-order valence-corrected chi connectivity index (χ4v) is 3.83. The van der Waals surface area contributed by atoms with Crippen LogP contribution in [0.15, 0.2) is 0 Å². The smallest absolute Gasteiger partial charge is 0.214 e. The second-order valence-corrected chi connectivity index (χ2v) is 6.22. The summed E-state index contributed by atoms with van der Waals surface area (Å²) in [6, 6.07) is 0. The second kappa shape index (κ2) is 5.19. The van der Waals surface area contributed by atoms with Gasteiger partial charge in [-0.25, -0.2) is 12.7 Å². The lowest BCUT2D eigenvalue weighted by atomic mass is 10.5. The summed E-state index contributed by atoms with van der Waals surface area (Å²) < 4.78 is 24.6. The van der Waals surface area contributed by atoms with E-state index in [1.165, 1.54) is 4.31 Å². The van der Waals surface area contributed by atoms with Gasteiger partial charge in [0.2, 0.25) is 10.0 Å². The molecule has 4 nitrogen and oxygen atoms in total. The van der Waals surface area contributed by atoms with E-state index in [0.717, 1.165) is 11.5 Å². The van der Waals surface area contributed by atoms with Crippen LogP contribution in [0.1, 0.15) is 6.42 Å². The van der Waals surface area contributed by atoms with Crippen molar-refractivity contribution in [3.05, 3.63) is 0 Å². The normalized spacial score (nSPS) is 20.4. The van der Waals surface area contributed by atoms with Gasteiger partial charge in [0.15, 0.2) is 0 Å². The van der Waals surface area contributed by atoms with Gasteiger partial charge < -0.3 is 5.11 Å². The summed E-state index contributed by atoms with van der Waals surface area (Å²) in [6.07, 6.45) is 0.339. The van der Waals surface area contributed by atoms with Crippen LogP contribution in [0, 0.1) is 0 Å². The molecule has 1 heterocycles. The van der Waals surface area contributed by atoms with Crippen molar-refractivity contribution in [3.8, 4) is 0 Å². The number of aliphatic hydroxyl groups excluding tert-OH is 1. The summed E-state index contributed by atoms with van der Waals surface area (Å²) in [5.41, 5.74) is 0. The quantitative estimate of drug-likeness (QED) is 0.716. The van der Waals surface area contributed by atoms with Crippen molar-refractivity contribution in [1.82, 2.24) is 4.31 Å². The number of sulfonamides is 1. The molecule has 1 fully saturated rings. The molecule has 1 N–H and O–H groups in total. The molecule has 6 heteroatoms. The molecule has 0 aromatic carbocycles. The predicted molar refractivity (Wildman–Crippen MR) is 54.4 cm³/mol. The Bertz CT molecular complexity index is 234. The lowest BCUT2D eigenvalue weighted by Crippen LogP contribution is -2.39. The van der Waals surface area contributed by atoms with Crippen molar-refractivity contribution < 1.29 is 13.5 Å². The Kier molecular flexibility index (Phi) is 4.51. The maximum Gasteiger partial charge on any atom is 0.214 e. The van der Waals surface area contributed by atoms with Crippen LogP contribution in [-0.2, 0) is 10.0 Å². The summed E-state index contributed by atoms with van der Waals surface area (Å²) >= 11 is 1.78. The van der Waals surface area contributed by atoms with Crippen molar-refractivity contribution in [1.29, 1.82) is 0 Å². The van der Waals surface area contributed by atoms with Crippen molar-refractivity contribution in [2.24, 2.45) is 0 Å². The van der Waals surface area contributed by atoms with Gasteiger partial charge in [-0.3, -0.25) is 0 Å². The van der Waals surface area contributed by atoms with Gasteiger partial charge in [-0.15, -0.1) is 0 Å². The second-order valence-electron chi connectivity index (χ2n) is 2.90. The highest BCUT2D eigenvalue weighted by Crippen LogP contribution is 2.13. The Hall–Kier alpha value is 0.220. The molecule has 13 heavy (non-hydrogen) atoms. The average Bonchev–Trinajstić information content (AvgIpc) is 2.16. The third kappa shape index (κ3) is 3.46. The maximum absolute atomic E-state index is 11.6. The standard InChI is InChI=1S/C7H15NO3S2/c9-4-1-7-13(10,11)8-2-5-12-6-3-8/h9H,1-7H2. The summed E-state index contributed by atoms with van der Waals surface area (Å²) in [7, 11) is -3.09. The Balaban J connectivity index is 2.47. The Labute approximate surface area is 83.4 Å². The zero-order chi connectivity index (χ0) is 9.73. The first-order valence-electron chi connectivity index (χ1n) is 4.33. The minimum atomic E-state index is -3.09. The SMILES string of the molecule is O=S(=O)(CCCO)N1CCSCC1. The van der Waals surface area contributed by atoms with Gasteiger partial charge in [0.05, 0.1) is 5.75 Å². The van der Waals surface area contributed by atoms with E-state index in [4.69, 9.17) is 5.11 Å². The summed E-state index contributed by atoms with van der Waals surface area (Å²) in [4.78, 5) is 0. The van der Waals surface area contributed by atoms with Gasteiger partial charge in [-0.1, -0.05) is 0 Å². The number of nitrogens with zero attached hydrogens (tertiary/aromatic N) is 1. The van der Waals surface area contributed by atoms with Gasteiger partial charge in [0.25, 0.3) is 0 Å². The first-order chi connectivity index (χ1) is 6.17. The predicted octanol–water partition coefficient (Wildman–Crippen LogP) is -0.253. The van der Waals surface area contributed by atoms with E-state index in [-0.39, 0.29) is 12.4 Å². The van der Waals surface area contributed by atoms with Crippen LogP contribution in [0.3, 0.4) is 0 Å². The summed E-state index contributed by atoms with van der Waals surface area (Å²) in [6.45, 7) is 1.19. The number of thioether (sulfide) groups is 1. The van der Waals surface area contributed by atoms with Crippen LogP contribution in [0.25, 0.3) is 0 Å². The largest absolute Gasteiger partial charge is 0.396 e. The molecule has 1 saturated heterocycles. The highest BCUT2D eigenvalue weighted by molar-refractivity contribution is 7.99. The number of hydrogen-bond acceptors (Lipinski definition) is 4. The van der Waals surface area contributed by atoms with E-state index in [2.05, 4.69) is 0 Å². The van der Waals surface area contributed by atoms with E-state index >= 15 is 0 Å². The lowest BCUT2D eigenvalue weighted by Gasteiger charge is -2.25. The molecule has 0 unspecified atom stereocenters. The number of hydrogen-bond donors (Lipinski definition) is 1. The van der Waals surface area contributed by atoms with Crippen molar-refractivity contribution in [2.45, 2.75) is 6.42 Å². The van der Waals surface area contributed by atoms with Crippen LogP contribution in [-0.4, -0.2) is 54.8 Å². The van der Waals surface area contributed by atoms with Crippen molar-refractivity contribution in [2.75, 3.05) is 37.0 Å². The highest BCUT2D eigenvalue weighted by atomic mass is 32.2. The third-order valence-corrected chi connectivity index (χ3v) is 4.82. The first-order valence-corrected chi connectivity index (χ1v) is 7.09. The molecule has 0 amide bonds. The minimum absolute atomic E-state index is 0.0537. The maximum atomic E-state index is 11.6. The van der Waals surface area contributed by atoms with Gasteiger partial charge in [-0.05, 0) is 6.42 Å². The fourth-order valence-electron chi connectivity index (χ4n) is 1.20. The van der Waals surface area contributed by atoms with Gasteiger partial charge in [0.1, 0.15) is 0 Å².